The molecule has 0 heteroatoms. The smallest absolute Gasteiger partial charge is 0.00786 e. The van der Waals surface area contributed by atoms with Gasteiger partial charge in [-0.15, -0.1) is 0 Å². The summed E-state index contributed by atoms with van der Waals surface area (Å²) in [6, 6.07) is 26.4. The molecule has 0 radical (unpaired) electrons. The zero-order valence-corrected chi connectivity index (χ0v) is 19.2. The van der Waals surface area contributed by atoms with Gasteiger partial charge < -0.3 is 0 Å². The third-order valence-electron chi connectivity index (χ3n) is 5.91. The van der Waals surface area contributed by atoms with E-state index in [1.54, 1.807) is 0 Å². The first-order valence-corrected chi connectivity index (χ1v) is 10.8. The van der Waals surface area contributed by atoms with E-state index in [2.05, 4.69) is 139 Å². The van der Waals surface area contributed by atoms with Crippen LogP contribution < -0.4 is 0 Å². The lowest BCUT2D eigenvalue weighted by molar-refractivity contribution is 0.671. The maximum Gasteiger partial charge on any atom is 0.00786 e. The van der Waals surface area contributed by atoms with E-state index in [1.165, 1.54) is 33.4 Å². The fraction of sp³-hybridized carbons (Fsp3) is 0.267. The van der Waals surface area contributed by atoms with E-state index < -0.39 is 0 Å². The van der Waals surface area contributed by atoms with Gasteiger partial charge in [0.1, 0.15) is 0 Å². The largest absolute Gasteiger partial charge is 0.0739 e. The van der Waals surface area contributed by atoms with Gasteiger partial charge in [-0.2, -0.15) is 0 Å². The van der Waals surface area contributed by atoms with Gasteiger partial charge in [-0.25, -0.2) is 0 Å². The van der Waals surface area contributed by atoms with E-state index in [0.717, 1.165) is 0 Å². The van der Waals surface area contributed by atoms with E-state index in [0.29, 0.717) is 0 Å². The van der Waals surface area contributed by atoms with Gasteiger partial charge in [0.2, 0.25) is 0 Å². The third-order valence-corrected chi connectivity index (χ3v) is 5.91. The standard InChI is InChI=1S/C30H34/c1-23-7-11-25(12-8-23)19-21-30(5,6)28-17-13-26(14-18-28)20-22-29(3,4)27-15-9-24(2)10-16-27/h7-22H,1-6H3/b21-19+,22-20+. The van der Waals surface area contributed by atoms with Crippen LogP contribution in [-0.2, 0) is 10.8 Å². The van der Waals surface area contributed by atoms with Crippen molar-refractivity contribution in [2.24, 2.45) is 0 Å². The van der Waals surface area contributed by atoms with Crippen LogP contribution in [0.1, 0.15) is 61.1 Å². The summed E-state index contributed by atoms with van der Waals surface area (Å²) < 4.78 is 0. The molecule has 0 fully saturated rings. The van der Waals surface area contributed by atoms with Crippen LogP contribution >= 0.6 is 0 Å². The molecule has 0 aliphatic carbocycles. The molecule has 154 valence electrons. The second-order valence-corrected chi connectivity index (χ2v) is 9.51. The van der Waals surface area contributed by atoms with E-state index in [4.69, 9.17) is 0 Å². The fourth-order valence-corrected chi connectivity index (χ4v) is 3.49. The average molecular weight is 395 g/mol. The molecule has 0 atom stereocenters. The zero-order chi connectivity index (χ0) is 21.8. The molecule has 0 saturated heterocycles. The van der Waals surface area contributed by atoms with Gasteiger partial charge in [0.15, 0.2) is 0 Å². The van der Waals surface area contributed by atoms with Crippen LogP contribution in [0.25, 0.3) is 12.2 Å². The summed E-state index contributed by atoms with van der Waals surface area (Å²) in [6.07, 6.45) is 9.05. The fourth-order valence-electron chi connectivity index (χ4n) is 3.49. The van der Waals surface area contributed by atoms with Gasteiger partial charge in [0.25, 0.3) is 0 Å². The Hall–Kier alpha value is -2.86. The van der Waals surface area contributed by atoms with Crippen LogP contribution in [0.3, 0.4) is 0 Å². The van der Waals surface area contributed by atoms with Gasteiger partial charge >= 0.3 is 0 Å². The number of rotatable bonds is 6. The molecule has 30 heavy (non-hydrogen) atoms. The summed E-state index contributed by atoms with van der Waals surface area (Å²) in [4.78, 5) is 0. The Morgan fingerprint density at radius 2 is 0.767 bits per heavy atom. The van der Waals surface area contributed by atoms with Crippen molar-refractivity contribution >= 4 is 12.2 Å². The molecular weight excluding hydrogens is 360 g/mol. The Balaban J connectivity index is 1.72. The van der Waals surface area contributed by atoms with Gasteiger partial charge in [-0.3, -0.25) is 0 Å². The van der Waals surface area contributed by atoms with E-state index >= 15 is 0 Å². The lowest BCUT2D eigenvalue weighted by Gasteiger charge is -2.22. The molecule has 0 aromatic heterocycles. The highest BCUT2D eigenvalue weighted by molar-refractivity contribution is 5.55. The normalized spacial score (nSPS) is 12.7. The molecular formula is C30H34. The first-order valence-electron chi connectivity index (χ1n) is 10.8. The second-order valence-electron chi connectivity index (χ2n) is 9.51. The Kier molecular flexibility index (Phi) is 6.46. The summed E-state index contributed by atoms with van der Waals surface area (Å²) in [5.41, 5.74) is 7.71. The van der Waals surface area contributed by atoms with Crippen LogP contribution in [0.15, 0.2) is 84.9 Å². The Bertz CT molecular complexity index is 1010. The highest BCUT2D eigenvalue weighted by Gasteiger charge is 2.18. The van der Waals surface area contributed by atoms with Gasteiger partial charge in [-0.05, 0) is 36.1 Å². The second kappa shape index (κ2) is 8.88. The van der Waals surface area contributed by atoms with Crippen molar-refractivity contribution < 1.29 is 0 Å². The van der Waals surface area contributed by atoms with Crippen LogP contribution in [0.2, 0.25) is 0 Å². The molecule has 3 aromatic carbocycles. The summed E-state index contributed by atoms with van der Waals surface area (Å²) in [5.74, 6) is 0. The van der Waals surface area contributed by atoms with Crippen molar-refractivity contribution in [3.8, 4) is 0 Å². The van der Waals surface area contributed by atoms with Crippen molar-refractivity contribution in [2.45, 2.75) is 52.4 Å². The molecule has 0 aliphatic heterocycles. The maximum atomic E-state index is 2.30. The quantitative estimate of drug-likeness (QED) is 0.394. The highest BCUT2D eigenvalue weighted by atomic mass is 14.2. The molecule has 0 unspecified atom stereocenters. The number of aryl methyl sites for hydroxylation is 2. The summed E-state index contributed by atoms with van der Waals surface area (Å²) in [5, 5.41) is 0. The number of allylic oxidation sites excluding steroid dienone is 2. The molecule has 0 nitrogen and oxygen atoms in total. The van der Waals surface area contributed by atoms with E-state index in [1.807, 2.05) is 0 Å². The van der Waals surface area contributed by atoms with Gasteiger partial charge in [0, 0.05) is 10.8 Å². The lowest BCUT2D eigenvalue weighted by atomic mass is 9.82. The Labute approximate surface area is 183 Å². The maximum absolute atomic E-state index is 2.30. The van der Waals surface area contributed by atoms with Crippen LogP contribution in [0.5, 0.6) is 0 Å². The summed E-state index contributed by atoms with van der Waals surface area (Å²) in [7, 11) is 0. The monoisotopic (exact) mass is 394 g/mol. The zero-order valence-electron chi connectivity index (χ0n) is 19.2. The van der Waals surface area contributed by atoms with Crippen LogP contribution in [-0.4, -0.2) is 0 Å². The minimum atomic E-state index is -0.0195. The molecule has 0 spiro atoms. The molecule has 3 rings (SSSR count). The van der Waals surface area contributed by atoms with Crippen LogP contribution in [0, 0.1) is 13.8 Å². The topological polar surface area (TPSA) is 0 Å². The lowest BCUT2D eigenvalue weighted by Crippen LogP contribution is -2.13. The molecule has 0 bridgehead atoms. The summed E-state index contributed by atoms with van der Waals surface area (Å²) >= 11 is 0. The first-order chi connectivity index (χ1) is 14.2. The SMILES string of the molecule is Cc1ccc(/C=C/C(C)(C)c2ccc(/C=C/C(C)(C)c3ccc(C)cc3)cc2)cc1. The highest BCUT2D eigenvalue weighted by Crippen LogP contribution is 2.28. The van der Waals surface area contributed by atoms with Crippen molar-refractivity contribution in [3.05, 3.63) is 118 Å². The summed E-state index contributed by atoms with van der Waals surface area (Å²) in [6.45, 7) is 13.3. The van der Waals surface area contributed by atoms with Gasteiger partial charge in [0.05, 0.1) is 0 Å². The number of benzene rings is 3. The molecule has 0 aliphatic rings. The molecule has 0 saturated carbocycles. The predicted molar refractivity (Wildman–Crippen MR) is 133 cm³/mol. The molecule has 0 N–H and O–H groups in total. The minimum absolute atomic E-state index is 0.00240. The van der Waals surface area contributed by atoms with Crippen molar-refractivity contribution in [2.75, 3.05) is 0 Å². The predicted octanol–water partition coefficient (Wildman–Crippen LogP) is 8.29. The van der Waals surface area contributed by atoms with Crippen molar-refractivity contribution in [1.82, 2.24) is 0 Å². The average Bonchev–Trinajstić information content (AvgIpc) is 2.73. The molecule has 0 amide bonds. The first kappa shape index (κ1) is 21.8. The molecule has 0 heterocycles. The Morgan fingerprint density at radius 3 is 1.17 bits per heavy atom. The number of hydrogen-bond acceptors (Lipinski definition) is 0. The van der Waals surface area contributed by atoms with Crippen molar-refractivity contribution in [1.29, 1.82) is 0 Å². The van der Waals surface area contributed by atoms with Crippen molar-refractivity contribution in [3.63, 3.8) is 0 Å². The van der Waals surface area contributed by atoms with Crippen LogP contribution in [0.4, 0.5) is 0 Å². The van der Waals surface area contributed by atoms with E-state index in [-0.39, 0.29) is 10.8 Å². The Morgan fingerprint density at radius 1 is 0.467 bits per heavy atom. The minimum Gasteiger partial charge on any atom is -0.0739 e. The molecule has 3 aromatic rings. The van der Waals surface area contributed by atoms with E-state index in [9.17, 15) is 0 Å². The third kappa shape index (κ3) is 5.60. The van der Waals surface area contributed by atoms with Gasteiger partial charge in [-0.1, -0.05) is 136 Å². The number of hydrogen-bond donors (Lipinski definition) is 0.